The molecule has 156 valence electrons. The lowest BCUT2D eigenvalue weighted by Crippen LogP contribution is -2.34. The van der Waals surface area contributed by atoms with Crippen LogP contribution >= 0.6 is 12.2 Å². The van der Waals surface area contributed by atoms with Crippen LogP contribution in [0.25, 0.3) is 0 Å². The van der Waals surface area contributed by atoms with Crippen LogP contribution in [0.2, 0.25) is 0 Å². The molecule has 2 aromatic rings. The van der Waals surface area contributed by atoms with Crippen molar-refractivity contribution < 1.29 is 14.3 Å². The number of hydrogen-bond acceptors (Lipinski definition) is 4. The van der Waals surface area contributed by atoms with Crippen molar-refractivity contribution in [1.29, 1.82) is 0 Å². The van der Waals surface area contributed by atoms with E-state index in [0.29, 0.717) is 18.8 Å². The fraction of sp³-hybridized carbons (Fsp3) is 0.391. The highest BCUT2D eigenvalue weighted by molar-refractivity contribution is 7.80. The Kier molecular flexibility index (Phi) is 10.00. The van der Waals surface area contributed by atoms with Crippen molar-refractivity contribution in [3.63, 3.8) is 0 Å². The van der Waals surface area contributed by atoms with E-state index in [1.54, 1.807) is 12.1 Å². The van der Waals surface area contributed by atoms with Crippen molar-refractivity contribution in [2.24, 2.45) is 0 Å². The van der Waals surface area contributed by atoms with Crippen LogP contribution in [-0.2, 0) is 0 Å². The molecule has 0 radical (unpaired) electrons. The van der Waals surface area contributed by atoms with Crippen molar-refractivity contribution in [3.05, 3.63) is 54.1 Å². The molecule has 0 unspecified atom stereocenters. The SMILES string of the molecule is CCCCCCCOc1ccc(C(=O)NC(=S)Nc2ccc(OCC)cc2)cc1. The Morgan fingerprint density at radius 3 is 2.14 bits per heavy atom. The Morgan fingerprint density at radius 1 is 0.862 bits per heavy atom. The maximum absolute atomic E-state index is 12.4. The molecule has 0 atom stereocenters. The maximum atomic E-state index is 12.4. The summed E-state index contributed by atoms with van der Waals surface area (Å²) in [5.74, 6) is 1.29. The molecule has 2 aromatic carbocycles. The minimum Gasteiger partial charge on any atom is -0.494 e. The first-order valence-electron chi connectivity index (χ1n) is 10.2. The largest absolute Gasteiger partial charge is 0.494 e. The molecule has 0 fully saturated rings. The number of benzene rings is 2. The molecule has 5 nitrogen and oxygen atoms in total. The highest BCUT2D eigenvalue weighted by Crippen LogP contribution is 2.16. The van der Waals surface area contributed by atoms with Crippen LogP contribution in [0, 0.1) is 0 Å². The number of rotatable bonds is 11. The lowest BCUT2D eigenvalue weighted by molar-refractivity contribution is 0.0977. The monoisotopic (exact) mass is 414 g/mol. The normalized spacial score (nSPS) is 10.3. The minimum absolute atomic E-state index is 0.242. The summed E-state index contributed by atoms with van der Waals surface area (Å²) in [6.45, 7) is 5.45. The van der Waals surface area contributed by atoms with Crippen LogP contribution in [0.5, 0.6) is 11.5 Å². The van der Waals surface area contributed by atoms with Gasteiger partial charge in [0.15, 0.2) is 5.11 Å². The number of carbonyl (C=O) groups is 1. The van der Waals surface area contributed by atoms with Gasteiger partial charge in [0.25, 0.3) is 5.91 Å². The van der Waals surface area contributed by atoms with Crippen molar-refractivity contribution in [1.82, 2.24) is 5.32 Å². The van der Waals surface area contributed by atoms with Gasteiger partial charge in [0.05, 0.1) is 13.2 Å². The lowest BCUT2D eigenvalue weighted by atomic mass is 10.2. The molecule has 0 aliphatic carbocycles. The van der Waals surface area contributed by atoms with Crippen LogP contribution in [0.4, 0.5) is 5.69 Å². The van der Waals surface area contributed by atoms with E-state index in [9.17, 15) is 4.79 Å². The zero-order chi connectivity index (χ0) is 20.9. The van der Waals surface area contributed by atoms with Gasteiger partial charge in [0.2, 0.25) is 0 Å². The predicted octanol–water partition coefficient (Wildman–Crippen LogP) is 5.56. The topological polar surface area (TPSA) is 59.6 Å². The summed E-state index contributed by atoms with van der Waals surface area (Å²) < 4.78 is 11.1. The minimum atomic E-state index is -0.264. The van der Waals surface area contributed by atoms with E-state index >= 15 is 0 Å². The van der Waals surface area contributed by atoms with E-state index < -0.39 is 0 Å². The molecule has 1 amide bonds. The maximum Gasteiger partial charge on any atom is 0.257 e. The van der Waals surface area contributed by atoms with Gasteiger partial charge in [0, 0.05) is 11.3 Å². The first kappa shape index (κ1) is 22.7. The van der Waals surface area contributed by atoms with E-state index in [1.807, 2.05) is 43.3 Å². The van der Waals surface area contributed by atoms with Crippen LogP contribution in [0.3, 0.4) is 0 Å². The summed E-state index contributed by atoms with van der Waals surface area (Å²) in [6, 6.07) is 14.5. The molecule has 0 saturated heterocycles. The Hall–Kier alpha value is -2.60. The lowest BCUT2D eigenvalue weighted by Gasteiger charge is -2.11. The zero-order valence-corrected chi connectivity index (χ0v) is 18.0. The summed E-state index contributed by atoms with van der Waals surface area (Å²) in [7, 11) is 0. The van der Waals surface area contributed by atoms with Crippen LogP contribution in [-0.4, -0.2) is 24.2 Å². The molecule has 0 aliphatic heterocycles. The van der Waals surface area contributed by atoms with Gasteiger partial charge in [-0.3, -0.25) is 10.1 Å². The van der Waals surface area contributed by atoms with E-state index in [2.05, 4.69) is 17.6 Å². The summed E-state index contributed by atoms with van der Waals surface area (Å²) in [5.41, 5.74) is 1.30. The van der Waals surface area contributed by atoms with Crippen LogP contribution in [0.1, 0.15) is 56.3 Å². The standard InChI is InChI=1S/C23H30N2O3S/c1-3-5-6-7-8-17-28-21-13-9-18(10-14-21)22(26)25-23(29)24-19-11-15-20(16-12-19)27-4-2/h9-16H,3-8,17H2,1-2H3,(H2,24,25,26,29). The van der Waals surface area contributed by atoms with Gasteiger partial charge in [-0.1, -0.05) is 32.6 Å². The highest BCUT2D eigenvalue weighted by Gasteiger charge is 2.08. The van der Waals surface area contributed by atoms with Gasteiger partial charge in [-0.2, -0.15) is 0 Å². The molecule has 29 heavy (non-hydrogen) atoms. The van der Waals surface area contributed by atoms with E-state index in [-0.39, 0.29) is 11.0 Å². The highest BCUT2D eigenvalue weighted by atomic mass is 32.1. The Balaban J connectivity index is 1.75. The van der Waals surface area contributed by atoms with Gasteiger partial charge in [0.1, 0.15) is 11.5 Å². The molecular formula is C23H30N2O3S. The Morgan fingerprint density at radius 2 is 1.48 bits per heavy atom. The van der Waals surface area contributed by atoms with E-state index in [4.69, 9.17) is 21.7 Å². The third kappa shape index (κ3) is 8.52. The predicted molar refractivity (Wildman–Crippen MR) is 122 cm³/mol. The molecule has 0 aliphatic rings. The second-order valence-corrected chi connectivity index (χ2v) is 7.06. The van der Waals surface area contributed by atoms with Gasteiger partial charge >= 0.3 is 0 Å². The average Bonchev–Trinajstić information content (AvgIpc) is 2.72. The average molecular weight is 415 g/mol. The second kappa shape index (κ2) is 12.8. The van der Waals surface area contributed by atoms with Crippen molar-refractivity contribution >= 4 is 28.9 Å². The van der Waals surface area contributed by atoms with Gasteiger partial charge in [-0.05, 0) is 74.1 Å². The van der Waals surface area contributed by atoms with Crippen LogP contribution < -0.4 is 20.1 Å². The van der Waals surface area contributed by atoms with Crippen molar-refractivity contribution in [3.8, 4) is 11.5 Å². The third-order valence-electron chi connectivity index (χ3n) is 4.28. The first-order chi connectivity index (χ1) is 14.1. The molecule has 2 rings (SSSR count). The molecule has 0 heterocycles. The Bertz CT molecular complexity index is 761. The Labute approximate surface area is 178 Å². The molecule has 0 bridgehead atoms. The smallest absolute Gasteiger partial charge is 0.257 e. The first-order valence-corrected chi connectivity index (χ1v) is 10.6. The number of ether oxygens (including phenoxy) is 2. The molecule has 0 spiro atoms. The van der Waals surface area contributed by atoms with E-state index in [0.717, 1.165) is 23.6 Å². The fourth-order valence-corrected chi connectivity index (χ4v) is 2.95. The molecule has 6 heteroatoms. The summed E-state index contributed by atoms with van der Waals surface area (Å²) in [6.07, 6.45) is 6.01. The second-order valence-electron chi connectivity index (χ2n) is 6.65. The summed E-state index contributed by atoms with van der Waals surface area (Å²) >= 11 is 5.22. The van der Waals surface area contributed by atoms with Crippen LogP contribution in [0.15, 0.2) is 48.5 Å². The number of carbonyl (C=O) groups excluding carboxylic acids is 1. The fourth-order valence-electron chi connectivity index (χ4n) is 2.74. The number of anilines is 1. The third-order valence-corrected chi connectivity index (χ3v) is 4.49. The summed E-state index contributed by atoms with van der Waals surface area (Å²) in [4.78, 5) is 12.4. The summed E-state index contributed by atoms with van der Waals surface area (Å²) in [5, 5.41) is 5.92. The van der Waals surface area contributed by atoms with E-state index in [1.165, 1.54) is 25.7 Å². The van der Waals surface area contributed by atoms with Crippen molar-refractivity contribution in [2.45, 2.75) is 46.0 Å². The quantitative estimate of drug-likeness (QED) is 0.372. The number of unbranched alkanes of at least 4 members (excludes halogenated alkanes) is 4. The van der Waals surface area contributed by atoms with Gasteiger partial charge in [-0.15, -0.1) is 0 Å². The molecule has 0 saturated carbocycles. The number of hydrogen-bond donors (Lipinski definition) is 2. The number of amides is 1. The molecule has 2 N–H and O–H groups in total. The number of thiocarbonyl (C=S) groups is 1. The van der Waals surface area contributed by atoms with Crippen molar-refractivity contribution in [2.75, 3.05) is 18.5 Å². The molecular weight excluding hydrogens is 384 g/mol. The number of nitrogens with one attached hydrogen (secondary N) is 2. The van der Waals surface area contributed by atoms with Gasteiger partial charge in [-0.25, -0.2) is 0 Å². The molecule has 0 aromatic heterocycles. The zero-order valence-electron chi connectivity index (χ0n) is 17.2. The van der Waals surface area contributed by atoms with Gasteiger partial charge < -0.3 is 14.8 Å².